The molecule has 3 rings (SSSR count). The third kappa shape index (κ3) is 2.68. The van der Waals surface area contributed by atoms with Gasteiger partial charge in [0, 0.05) is 12.4 Å². The number of carbonyl (C=O) groups is 1. The molecule has 0 spiro atoms. The van der Waals surface area contributed by atoms with Crippen LogP contribution in [0.2, 0.25) is 5.15 Å². The quantitative estimate of drug-likeness (QED) is 0.711. The minimum absolute atomic E-state index is 0.230. The molecular formula is C12H8ClN5OS. The lowest BCUT2D eigenvalue weighted by atomic mass is 10.4. The van der Waals surface area contributed by atoms with Gasteiger partial charge < -0.3 is 5.32 Å². The monoisotopic (exact) mass is 305 g/mol. The predicted molar refractivity (Wildman–Crippen MR) is 79.3 cm³/mol. The average Bonchev–Trinajstić information content (AvgIpc) is 2.83. The van der Waals surface area contributed by atoms with Gasteiger partial charge in [-0.2, -0.15) is 0 Å². The minimum atomic E-state index is -0.432. The van der Waals surface area contributed by atoms with Crippen LogP contribution in [-0.2, 0) is 0 Å². The topological polar surface area (TPSA) is 79.8 Å². The van der Waals surface area contributed by atoms with Crippen molar-refractivity contribution in [2.45, 2.75) is 0 Å². The molecule has 0 atom stereocenters. The molecule has 3 aromatic rings. The van der Waals surface area contributed by atoms with Gasteiger partial charge in [-0.25, -0.2) is 19.7 Å². The van der Waals surface area contributed by atoms with E-state index in [-0.39, 0.29) is 5.15 Å². The van der Waals surface area contributed by atoms with Crippen molar-refractivity contribution in [3.05, 3.63) is 41.8 Å². The highest BCUT2D eigenvalue weighted by molar-refractivity contribution is 7.21. The van der Waals surface area contributed by atoms with Gasteiger partial charge in [-0.1, -0.05) is 22.9 Å². The van der Waals surface area contributed by atoms with E-state index in [1.165, 1.54) is 11.3 Å². The van der Waals surface area contributed by atoms with E-state index >= 15 is 0 Å². The average molecular weight is 306 g/mol. The van der Waals surface area contributed by atoms with Gasteiger partial charge in [0.25, 0.3) is 0 Å². The molecular weight excluding hydrogens is 298 g/mol. The molecule has 0 bridgehead atoms. The summed E-state index contributed by atoms with van der Waals surface area (Å²) in [5.41, 5.74) is 1.18. The highest BCUT2D eigenvalue weighted by atomic mass is 35.5. The van der Waals surface area contributed by atoms with Crippen LogP contribution in [0.5, 0.6) is 0 Å². The molecule has 3 aromatic heterocycles. The summed E-state index contributed by atoms with van der Waals surface area (Å²) in [6.45, 7) is 0. The zero-order valence-electron chi connectivity index (χ0n) is 10.0. The second-order valence-corrected chi connectivity index (χ2v) is 5.10. The van der Waals surface area contributed by atoms with E-state index < -0.39 is 6.03 Å². The number of thiazole rings is 1. The number of aromatic nitrogens is 3. The Hall–Kier alpha value is -2.25. The number of amides is 2. The Bertz CT molecular complexity index is 742. The number of hydrogen-bond donors (Lipinski definition) is 2. The molecule has 0 aliphatic heterocycles. The first-order valence-electron chi connectivity index (χ1n) is 5.62. The molecule has 2 N–H and O–H groups in total. The normalized spacial score (nSPS) is 10.4. The molecule has 0 radical (unpaired) electrons. The highest BCUT2D eigenvalue weighted by Gasteiger charge is 2.09. The summed E-state index contributed by atoms with van der Waals surface area (Å²) in [4.78, 5) is 24.9. The van der Waals surface area contributed by atoms with Gasteiger partial charge in [-0.15, -0.1) is 0 Å². The number of fused-ring (bicyclic) bond motifs is 1. The van der Waals surface area contributed by atoms with Crippen LogP contribution in [0.3, 0.4) is 0 Å². The highest BCUT2D eigenvalue weighted by Crippen LogP contribution is 2.24. The fourth-order valence-corrected chi connectivity index (χ4v) is 2.52. The summed E-state index contributed by atoms with van der Waals surface area (Å²) in [7, 11) is 0. The minimum Gasteiger partial charge on any atom is -0.305 e. The number of halogens is 1. The van der Waals surface area contributed by atoms with Crippen molar-refractivity contribution in [3.8, 4) is 0 Å². The van der Waals surface area contributed by atoms with Crippen LogP contribution in [0, 0.1) is 0 Å². The van der Waals surface area contributed by atoms with Crippen molar-refractivity contribution < 1.29 is 4.79 Å². The van der Waals surface area contributed by atoms with E-state index in [0.717, 1.165) is 10.3 Å². The zero-order valence-corrected chi connectivity index (χ0v) is 11.6. The van der Waals surface area contributed by atoms with Gasteiger partial charge in [-0.05, 0) is 24.3 Å². The Kier molecular flexibility index (Phi) is 3.44. The summed E-state index contributed by atoms with van der Waals surface area (Å²) >= 11 is 7.16. The van der Waals surface area contributed by atoms with Crippen LogP contribution in [0.4, 0.5) is 15.6 Å². The first kappa shape index (κ1) is 12.8. The maximum Gasteiger partial charge on any atom is 0.325 e. The molecule has 8 heteroatoms. The molecule has 0 saturated heterocycles. The van der Waals surface area contributed by atoms with Crippen molar-refractivity contribution in [2.24, 2.45) is 0 Å². The van der Waals surface area contributed by atoms with E-state index in [0.29, 0.717) is 10.8 Å². The third-order valence-corrected chi connectivity index (χ3v) is 3.59. The van der Waals surface area contributed by atoms with E-state index in [4.69, 9.17) is 11.6 Å². The van der Waals surface area contributed by atoms with Gasteiger partial charge in [0.1, 0.15) is 10.3 Å². The van der Waals surface area contributed by atoms with Gasteiger partial charge in [0.2, 0.25) is 0 Å². The smallest absolute Gasteiger partial charge is 0.305 e. The second-order valence-electron chi connectivity index (χ2n) is 3.77. The summed E-state index contributed by atoms with van der Waals surface area (Å²) in [5.74, 6) is 0. The van der Waals surface area contributed by atoms with Crippen molar-refractivity contribution in [3.63, 3.8) is 0 Å². The number of rotatable bonds is 2. The van der Waals surface area contributed by atoms with Crippen molar-refractivity contribution in [1.29, 1.82) is 0 Å². The van der Waals surface area contributed by atoms with E-state index in [1.54, 1.807) is 30.6 Å². The standard InChI is InChI=1S/C12H8ClN5OS/c13-9-7(3-1-5-14-9)16-11(19)18-12-17-8-4-2-6-15-10(8)20-12/h1-6H,(H2,16,17,18,19). The number of carbonyl (C=O) groups excluding carboxylic acids is 1. The molecule has 3 heterocycles. The summed E-state index contributed by atoms with van der Waals surface area (Å²) < 4.78 is 0. The lowest BCUT2D eigenvalue weighted by Crippen LogP contribution is -2.19. The number of urea groups is 1. The van der Waals surface area contributed by atoms with Gasteiger partial charge >= 0.3 is 6.03 Å². The molecule has 0 fully saturated rings. The lowest BCUT2D eigenvalue weighted by molar-refractivity contribution is 0.262. The van der Waals surface area contributed by atoms with Crippen LogP contribution >= 0.6 is 22.9 Å². The Morgan fingerprint density at radius 3 is 2.75 bits per heavy atom. The lowest BCUT2D eigenvalue weighted by Gasteiger charge is -2.05. The summed E-state index contributed by atoms with van der Waals surface area (Å²) in [6, 6.07) is 6.54. The number of pyridine rings is 2. The third-order valence-electron chi connectivity index (χ3n) is 2.39. The van der Waals surface area contributed by atoms with E-state index in [9.17, 15) is 4.79 Å². The second kappa shape index (κ2) is 5.40. The molecule has 0 saturated carbocycles. The van der Waals surface area contributed by atoms with Crippen LogP contribution in [0.1, 0.15) is 0 Å². The van der Waals surface area contributed by atoms with Gasteiger partial charge in [0.15, 0.2) is 10.3 Å². The predicted octanol–water partition coefficient (Wildman–Crippen LogP) is 3.38. The molecule has 6 nitrogen and oxygen atoms in total. The first-order chi connectivity index (χ1) is 9.72. The molecule has 0 aliphatic rings. The SMILES string of the molecule is O=C(Nc1nc2cccnc2s1)Nc1cccnc1Cl. The van der Waals surface area contributed by atoms with Gasteiger partial charge in [-0.3, -0.25) is 5.32 Å². The largest absolute Gasteiger partial charge is 0.325 e. The van der Waals surface area contributed by atoms with Crippen molar-refractivity contribution in [1.82, 2.24) is 15.0 Å². The molecule has 0 aliphatic carbocycles. The van der Waals surface area contributed by atoms with Gasteiger partial charge in [0.05, 0.1) is 5.69 Å². The van der Waals surface area contributed by atoms with Crippen LogP contribution in [0.15, 0.2) is 36.7 Å². The summed E-state index contributed by atoms with van der Waals surface area (Å²) in [5, 5.41) is 5.94. The Morgan fingerprint density at radius 1 is 1.15 bits per heavy atom. The number of nitrogens with one attached hydrogen (secondary N) is 2. The Labute approximate surface area is 122 Å². The number of nitrogens with zero attached hydrogens (tertiary/aromatic N) is 3. The first-order valence-corrected chi connectivity index (χ1v) is 6.82. The van der Waals surface area contributed by atoms with Crippen LogP contribution in [-0.4, -0.2) is 21.0 Å². The maximum absolute atomic E-state index is 11.8. The zero-order chi connectivity index (χ0) is 13.9. The number of anilines is 2. The van der Waals surface area contributed by atoms with Crippen LogP contribution in [0.25, 0.3) is 10.3 Å². The number of hydrogen-bond acceptors (Lipinski definition) is 5. The Morgan fingerprint density at radius 2 is 1.95 bits per heavy atom. The van der Waals surface area contributed by atoms with Crippen molar-refractivity contribution >= 4 is 50.1 Å². The van der Waals surface area contributed by atoms with Crippen molar-refractivity contribution in [2.75, 3.05) is 10.6 Å². The van der Waals surface area contributed by atoms with E-state index in [2.05, 4.69) is 25.6 Å². The Balaban J connectivity index is 1.74. The molecule has 20 heavy (non-hydrogen) atoms. The fraction of sp³-hybridized carbons (Fsp3) is 0. The molecule has 2 amide bonds. The molecule has 100 valence electrons. The fourth-order valence-electron chi connectivity index (χ4n) is 1.55. The summed E-state index contributed by atoms with van der Waals surface area (Å²) in [6.07, 6.45) is 3.23. The maximum atomic E-state index is 11.8. The molecule has 0 aromatic carbocycles. The van der Waals surface area contributed by atoms with Crippen LogP contribution < -0.4 is 10.6 Å². The molecule has 0 unspecified atom stereocenters. The van der Waals surface area contributed by atoms with E-state index in [1.807, 2.05) is 6.07 Å².